The minimum Gasteiger partial charge on any atom is -0.495 e. The Morgan fingerprint density at radius 3 is 2.67 bits per heavy atom. The first-order chi connectivity index (χ1) is 13.1. The van der Waals surface area contributed by atoms with Gasteiger partial charge in [-0.3, -0.25) is 9.78 Å². The average Bonchev–Trinajstić information content (AvgIpc) is 3.23. The molecule has 1 fully saturated rings. The van der Waals surface area contributed by atoms with Crippen LogP contribution in [0, 0.1) is 0 Å². The Labute approximate surface area is 158 Å². The van der Waals surface area contributed by atoms with E-state index in [2.05, 4.69) is 10.3 Å². The van der Waals surface area contributed by atoms with E-state index in [1.165, 1.54) is 12.0 Å². The molecule has 3 rings (SSSR count). The molecule has 2 heterocycles. The first-order valence-electron chi connectivity index (χ1n) is 8.98. The number of carbonyl (C=O) groups is 2. The number of nitrogens with zero attached hydrogens (tertiary/aromatic N) is 3. The Kier molecular flexibility index (Phi) is 5.90. The van der Waals surface area contributed by atoms with Gasteiger partial charge in [0.1, 0.15) is 5.75 Å². The monoisotopic (exact) mass is 368 g/mol. The van der Waals surface area contributed by atoms with Gasteiger partial charge >= 0.3 is 6.03 Å². The number of carbonyl (C=O) groups excluding carboxylic acids is 2. The maximum absolute atomic E-state index is 12.6. The minimum atomic E-state index is -0.301. The molecule has 27 heavy (non-hydrogen) atoms. The van der Waals surface area contributed by atoms with Gasteiger partial charge in [0.25, 0.3) is 5.91 Å². The third kappa shape index (κ3) is 4.55. The minimum absolute atomic E-state index is 0.0208. The molecule has 1 aliphatic rings. The number of nitrogens with one attached hydrogen (secondary N) is 1. The van der Waals surface area contributed by atoms with Crippen molar-refractivity contribution in [3.8, 4) is 5.75 Å². The molecule has 7 nitrogen and oxygen atoms in total. The summed E-state index contributed by atoms with van der Waals surface area (Å²) in [7, 11) is 3.22. The number of anilines is 1. The van der Waals surface area contributed by atoms with Gasteiger partial charge in [0.2, 0.25) is 0 Å². The molecule has 1 aromatic carbocycles. The van der Waals surface area contributed by atoms with Crippen molar-refractivity contribution < 1.29 is 14.3 Å². The molecule has 0 radical (unpaired) electrons. The SMILES string of the molecule is COc1ccc(C(=O)N2CCCC2)cc1NC(=O)N(C)Cc1ccccn1. The summed E-state index contributed by atoms with van der Waals surface area (Å²) >= 11 is 0. The maximum atomic E-state index is 12.6. The molecule has 1 aliphatic heterocycles. The summed E-state index contributed by atoms with van der Waals surface area (Å²) in [4.78, 5) is 32.8. The largest absolute Gasteiger partial charge is 0.495 e. The van der Waals surface area contributed by atoms with Crippen LogP contribution in [0.25, 0.3) is 0 Å². The van der Waals surface area contributed by atoms with Crippen LogP contribution in [0.15, 0.2) is 42.6 Å². The molecule has 142 valence electrons. The van der Waals surface area contributed by atoms with Gasteiger partial charge in [-0.25, -0.2) is 4.79 Å². The van der Waals surface area contributed by atoms with Gasteiger partial charge in [0.05, 0.1) is 25.0 Å². The van der Waals surface area contributed by atoms with E-state index in [0.717, 1.165) is 31.6 Å². The zero-order chi connectivity index (χ0) is 19.2. The molecule has 0 atom stereocenters. The summed E-state index contributed by atoms with van der Waals surface area (Å²) in [6, 6.07) is 10.4. The highest BCUT2D eigenvalue weighted by Gasteiger charge is 2.21. The number of pyridine rings is 1. The molecule has 7 heteroatoms. The van der Waals surface area contributed by atoms with Crippen molar-refractivity contribution in [1.82, 2.24) is 14.8 Å². The number of methoxy groups -OCH3 is 1. The number of benzene rings is 1. The van der Waals surface area contributed by atoms with E-state index in [4.69, 9.17) is 4.74 Å². The molecule has 2 aromatic rings. The topological polar surface area (TPSA) is 74.8 Å². The summed E-state index contributed by atoms with van der Waals surface area (Å²) in [5, 5.41) is 2.83. The van der Waals surface area contributed by atoms with E-state index in [1.807, 2.05) is 23.1 Å². The summed E-state index contributed by atoms with van der Waals surface area (Å²) in [6.07, 6.45) is 3.76. The predicted octanol–water partition coefficient (Wildman–Crippen LogP) is 2.99. The number of aromatic nitrogens is 1. The van der Waals surface area contributed by atoms with Crippen LogP contribution in [0.4, 0.5) is 10.5 Å². The number of amides is 3. The second-order valence-electron chi connectivity index (χ2n) is 6.52. The van der Waals surface area contributed by atoms with Gasteiger partial charge in [-0.1, -0.05) is 6.07 Å². The standard InChI is InChI=1S/C20H24N4O3/c1-23(14-16-7-3-4-10-21-16)20(26)22-17-13-15(8-9-18(17)27-2)19(25)24-11-5-6-12-24/h3-4,7-10,13H,5-6,11-12,14H2,1-2H3,(H,22,26). The van der Waals surface area contributed by atoms with Gasteiger partial charge in [-0.05, 0) is 43.2 Å². The van der Waals surface area contributed by atoms with E-state index in [-0.39, 0.29) is 11.9 Å². The predicted molar refractivity (Wildman–Crippen MR) is 103 cm³/mol. The third-order valence-electron chi connectivity index (χ3n) is 4.55. The van der Waals surface area contributed by atoms with E-state index in [0.29, 0.717) is 23.5 Å². The van der Waals surface area contributed by atoms with Crippen LogP contribution in [-0.4, -0.2) is 54.0 Å². The Morgan fingerprint density at radius 1 is 1.22 bits per heavy atom. The van der Waals surface area contributed by atoms with Crippen molar-refractivity contribution in [3.05, 3.63) is 53.9 Å². The lowest BCUT2D eigenvalue weighted by atomic mass is 10.1. The quantitative estimate of drug-likeness (QED) is 0.880. The highest BCUT2D eigenvalue weighted by Crippen LogP contribution is 2.27. The summed E-state index contributed by atoms with van der Waals surface area (Å²) < 4.78 is 5.33. The molecule has 1 N–H and O–H groups in total. The van der Waals surface area contributed by atoms with E-state index in [9.17, 15) is 9.59 Å². The number of ether oxygens (including phenoxy) is 1. The van der Waals surface area contributed by atoms with Crippen LogP contribution in [0.2, 0.25) is 0 Å². The lowest BCUT2D eigenvalue weighted by molar-refractivity contribution is 0.0793. The van der Waals surface area contributed by atoms with Gasteiger partial charge in [0, 0.05) is 31.9 Å². The number of hydrogen-bond donors (Lipinski definition) is 1. The molecule has 3 amide bonds. The molecule has 1 aromatic heterocycles. The molecule has 0 unspecified atom stereocenters. The van der Waals surface area contributed by atoms with Crippen LogP contribution >= 0.6 is 0 Å². The van der Waals surface area contributed by atoms with Crippen molar-refractivity contribution in [2.45, 2.75) is 19.4 Å². The number of likely N-dealkylation sites (tertiary alicyclic amines) is 1. The first kappa shape index (κ1) is 18.7. The highest BCUT2D eigenvalue weighted by molar-refractivity contribution is 5.98. The third-order valence-corrected chi connectivity index (χ3v) is 4.55. The fourth-order valence-electron chi connectivity index (χ4n) is 3.06. The molecule has 0 saturated carbocycles. The normalized spacial score (nSPS) is 13.3. The molecular formula is C20H24N4O3. The Balaban J connectivity index is 1.73. The average molecular weight is 368 g/mol. The molecular weight excluding hydrogens is 344 g/mol. The molecule has 0 bridgehead atoms. The van der Waals surface area contributed by atoms with Crippen LogP contribution in [0.3, 0.4) is 0 Å². The van der Waals surface area contributed by atoms with Crippen LogP contribution in [-0.2, 0) is 6.54 Å². The Morgan fingerprint density at radius 2 is 2.00 bits per heavy atom. The van der Waals surface area contributed by atoms with Gasteiger partial charge in [-0.2, -0.15) is 0 Å². The lowest BCUT2D eigenvalue weighted by Crippen LogP contribution is -2.31. The van der Waals surface area contributed by atoms with Crippen molar-refractivity contribution in [2.75, 3.05) is 32.6 Å². The van der Waals surface area contributed by atoms with Crippen LogP contribution in [0.1, 0.15) is 28.9 Å². The number of hydrogen-bond acceptors (Lipinski definition) is 4. The van der Waals surface area contributed by atoms with E-state index < -0.39 is 0 Å². The zero-order valence-corrected chi connectivity index (χ0v) is 15.6. The van der Waals surface area contributed by atoms with Crippen molar-refractivity contribution in [1.29, 1.82) is 0 Å². The fraction of sp³-hybridized carbons (Fsp3) is 0.350. The lowest BCUT2D eigenvalue weighted by Gasteiger charge is -2.20. The van der Waals surface area contributed by atoms with Crippen LogP contribution < -0.4 is 10.1 Å². The Bertz CT molecular complexity index is 804. The zero-order valence-electron chi connectivity index (χ0n) is 15.6. The van der Waals surface area contributed by atoms with Gasteiger partial charge in [0.15, 0.2) is 0 Å². The summed E-state index contributed by atoms with van der Waals surface area (Å²) in [6.45, 7) is 1.93. The van der Waals surface area contributed by atoms with Crippen LogP contribution in [0.5, 0.6) is 5.75 Å². The fourth-order valence-corrected chi connectivity index (χ4v) is 3.06. The molecule has 0 spiro atoms. The Hall–Kier alpha value is -3.09. The maximum Gasteiger partial charge on any atom is 0.322 e. The number of urea groups is 1. The summed E-state index contributed by atoms with van der Waals surface area (Å²) in [5.74, 6) is 0.486. The van der Waals surface area contributed by atoms with Crippen molar-refractivity contribution >= 4 is 17.6 Å². The summed E-state index contributed by atoms with van der Waals surface area (Å²) in [5.41, 5.74) is 1.81. The van der Waals surface area contributed by atoms with Gasteiger partial charge < -0.3 is 19.9 Å². The first-order valence-corrected chi connectivity index (χ1v) is 8.98. The highest BCUT2D eigenvalue weighted by atomic mass is 16.5. The van der Waals surface area contributed by atoms with E-state index in [1.54, 1.807) is 31.4 Å². The number of rotatable bonds is 5. The smallest absolute Gasteiger partial charge is 0.322 e. The van der Waals surface area contributed by atoms with Crippen molar-refractivity contribution in [2.24, 2.45) is 0 Å². The molecule has 1 saturated heterocycles. The van der Waals surface area contributed by atoms with Crippen molar-refractivity contribution in [3.63, 3.8) is 0 Å². The van der Waals surface area contributed by atoms with E-state index >= 15 is 0 Å². The van der Waals surface area contributed by atoms with Gasteiger partial charge in [-0.15, -0.1) is 0 Å². The second-order valence-corrected chi connectivity index (χ2v) is 6.52. The molecule has 0 aliphatic carbocycles. The second kappa shape index (κ2) is 8.53.